The molecule has 2 heteroatoms. The summed E-state index contributed by atoms with van der Waals surface area (Å²) in [6.45, 7) is 4.58. The Hall–Kier alpha value is -4.56. The first-order valence-corrected chi connectivity index (χ1v) is 12.8. The van der Waals surface area contributed by atoms with Crippen molar-refractivity contribution >= 4 is 10.8 Å². The zero-order chi connectivity index (χ0) is 25.0. The highest BCUT2D eigenvalue weighted by molar-refractivity contribution is 5.97. The van der Waals surface area contributed by atoms with E-state index in [1.165, 1.54) is 33.0 Å². The van der Waals surface area contributed by atoms with Gasteiger partial charge in [0.15, 0.2) is 5.82 Å². The molecule has 1 aliphatic carbocycles. The van der Waals surface area contributed by atoms with Crippen molar-refractivity contribution in [3.05, 3.63) is 133 Å². The summed E-state index contributed by atoms with van der Waals surface area (Å²) in [6.07, 6.45) is 0. The van der Waals surface area contributed by atoms with E-state index in [-0.39, 0.29) is 5.41 Å². The average Bonchev–Trinajstić information content (AvgIpc) is 3.18. The number of hydrogen-bond donors (Lipinski definition) is 0. The molecule has 0 saturated heterocycles. The topological polar surface area (TPSA) is 25.8 Å². The predicted molar refractivity (Wildman–Crippen MR) is 153 cm³/mol. The molecule has 5 aromatic carbocycles. The van der Waals surface area contributed by atoms with Crippen LogP contribution in [0.2, 0.25) is 0 Å². The van der Waals surface area contributed by atoms with Crippen LogP contribution in [0.25, 0.3) is 55.7 Å². The smallest absolute Gasteiger partial charge is 0.160 e. The fourth-order valence-electron chi connectivity index (χ4n) is 5.66. The first-order valence-electron chi connectivity index (χ1n) is 12.8. The summed E-state index contributed by atoms with van der Waals surface area (Å²) in [5.41, 5.74) is 10.0. The molecular weight excluding hydrogens is 448 g/mol. The minimum atomic E-state index is -0.243. The van der Waals surface area contributed by atoms with Crippen LogP contribution in [0.3, 0.4) is 0 Å². The fraction of sp³-hybridized carbons (Fsp3) is 0.0857. The molecule has 37 heavy (non-hydrogen) atoms. The molecule has 0 radical (unpaired) electrons. The molecule has 176 valence electrons. The maximum atomic E-state index is 5.25. The van der Waals surface area contributed by atoms with Crippen LogP contribution < -0.4 is 0 Å². The van der Waals surface area contributed by atoms with Crippen molar-refractivity contribution in [1.82, 2.24) is 9.97 Å². The molecule has 0 spiro atoms. The van der Waals surface area contributed by atoms with Crippen LogP contribution in [-0.4, -0.2) is 9.97 Å². The summed E-state index contributed by atoms with van der Waals surface area (Å²) in [4.78, 5) is 10.5. The van der Waals surface area contributed by atoms with Crippen LogP contribution in [0.1, 0.15) is 25.1 Å². The summed E-state index contributed by atoms with van der Waals surface area (Å²) in [5.74, 6) is 0.768. The molecule has 1 heterocycles. The lowest BCUT2D eigenvalue weighted by Crippen LogP contribution is -2.17. The van der Waals surface area contributed by atoms with E-state index >= 15 is 0 Å². The molecule has 0 atom stereocenters. The van der Waals surface area contributed by atoms with E-state index in [4.69, 9.17) is 9.97 Å². The molecule has 0 unspecified atom stereocenters. The van der Waals surface area contributed by atoms with Crippen LogP contribution in [0.4, 0.5) is 0 Å². The third-order valence-electron chi connectivity index (χ3n) is 7.60. The highest BCUT2D eigenvalue weighted by atomic mass is 14.9. The largest absolute Gasteiger partial charge is 0.231 e. The first-order chi connectivity index (χ1) is 18.1. The Bertz CT molecular complexity index is 1780. The van der Waals surface area contributed by atoms with Crippen molar-refractivity contribution in [3.8, 4) is 44.9 Å². The molecule has 0 saturated carbocycles. The lowest BCUT2D eigenvalue weighted by atomic mass is 9.84. The summed E-state index contributed by atoms with van der Waals surface area (Å²) in [6, 6.07) is 42.9. The van der Waals surface area contributed by atoms with Crippen LogP contribution in [-0.2, 0) is 5.41 Å². The van der Waals surface area contributed by atoms with Gasteiger partial charge in [-0.3, -0.25) is 0 Å². The van der Waals surface area contributed by atoms with Crippen LogP contribution >= 0.6 is 0 Å². The van der Waals surface area contributed by atoms with Gasteiger partial charge in [-0.05, 0) is 51.2 Å². The number of benzene rings is 5. The lowest BCUT2D eigenvalue weighted by Gasteiger charge is -2.21. The van der Waals surface area contributed by atoms with Gasteiger partial charge in [-0.15, -0.1) is 0 Å². The molecule has 0 amide bonds. The van der Waals surface area contributed by atoms with E-state index in [2.05, 4.69) is 117 Å². The summed E-state index contributed by atoms with van der Waals surface area (Å²) >= 11 is 0. The summed E-state index contributed by atoms with van der Waals surface area (Å²) in [5, 5.41) is 2.49. The van der Waals surface area contributed by atoms with E-state index in [0.29, 0.717) is 0 Å². The van der Waals surface area contributed by atoms with Gasteiger partial charge in [-0.25, -0.2) is 9.97 Å². The second-order valence-corrected chi connectivity index (χ2v) is 10.3. The van der Waals surface area contributed by atoms with E-state index in [0.717, 1.165) is 33.9 Å². The van der Waals surface area contributed by atoms with Crippen molar-refractivity contribution < 1.29 is 0 Å². The molecule has 7 rings (SSSR count). The fourth-order valence-corrected chi connectivity index (χ4v) is 5.66. The standard InChI is InChI=1S/C35H26N2/c1-35(2)30-22-27-17-10-9-16-26(27)21-29(30)31-32(36-34(37-33(31)35)24-14-7-4-8-15-24)28-19-11-18-25(20-28)23-12-5-3-6-13-23/h3-22H,1-2H3. The number of nitrogens with zero attached hydrogens (tertiary/aromatic N) is 2. The molecular formula is C35H26N2. The van der Waals surface area contributed by atoms with Crippen molar-refractivity contribution in [1.29, 1.82) is 0 Å². The maximum Gasteiger partial charge on any atom is 0.160 e. The molecule has 1 aromatic heterocycles. The van der Waals surface area contributed by atoms with Gasteiger partial charge in [0, 0.05) is 22.1 Å². The quantitative estimate of drug-likeness (QED) is 0.256. The highest BCUT2D eigenvalue weighted by Gasteiger charge is 2.40. The Morgan fingerprint density at radius 3 is 1.84 bits per heavy atom. The second-order valence-electron chi connectivity index (χ2n) is 10.3. The van der Waals surface area contributed by atoms with Gasteiger partial charge in [0.2, 0.25) is 0 Å². The van der Waals surface area contributed by atoms with Crippen molar-refractivity contribution in [2.24, 2.45) is 0 Å². The lowest BCUT2D eigenvalue weighted by molar-refractivity contribution is 0.637. The normalized spacial score (nSPS) is 13.4. The van der Waals surface area contributed by atoms with Gasteiger partial charge in [-0.1, -0.05) is 117 Å². The van der Waals surface area contributed by atoms with Gasteiger partial charge in [0.05, 0.1) is 11.4 Å². The van der Waals surface area contributed by atoms with Gasteiger partial charge in [-0.2, -0.15) is 0 Å². The molecule has 0 bridgehead atoms. The number of aromatic nitrogens is 2. The van der Waals surface area contributed by atoms with Crippen molar-refractivity contribution in [2.45, 2.75) is 19.3 Å². The Balaban J connectivity index is 1.54. The van der Waals surface area contributed by atoms with Gasteiger partial charge < -0.3 is 0 Å². The average molecular weight is 475 g/mol. The summed E-state index contributed by atoms with van der Waals surface area (Å²) < 4.78 is 0. The second kappa shape index (κ2) is 8.25. The number of hydrogen-bond acceptors (Lipinski definition) is 2. The third kappa shape index (κ3) is 3.48. The van der Waals surface area contributed by atoms with Crippen molar-refractivity contribution in [3.63, 3.8) is 0 Å². The molecule has 0 fully saturated rings. The molecule has 1 aliphatic rings. The number of rotatable bonds is 3. The predicted octanol–water partition coefficient (Wildman–Crippen LogP) is 8.94. The molecule has 0 N–H and O–H groups in total. The molecule has 2 nitrogen and oxygen atoms in total. The van der Waals surface area contributed by atoms with E-state index in [9.17, 15) is 0 Å². The van der Waals surface area contributed by atoms with E-state index < -0.39 is 0 Å². The Labute approximate surface area is 217 Å². The Kier molecular flexibility index (Phi) is 4.84. The highest BCUT2D eigenvalue weighted by Crippen LogP contribution is 2.52. The third-order valence-corrected chi connectivity index (χ3v) is 7.60. The summed E-state index contributed by atoms with van der Waals surface area (Å²) in [7, 11) is 0. The van der Waals surface area contributed by atoms with Gasteiger partial charge >= 0.3 is 0 Å². The zero-order valence-electron chi connectivity index (χ0n) is 20.9. The number of fused-ring (bicyclic) bond motifs is 4. The minimum absolute atomic E-state index is 0.243. The van der Waals surface area contributed by atoms with E-state index in [1.54, 1.807) is 0 Å². The zero-order valence-corrected chi connectivity index (χ0v) is 20.9. The maximum absolute atomic E-state index is 5.25. The van der Waals surface area contributed by atoms with Gasteiger partial charge in [0.25, 0.3) is 0 Å². The Morgan fingerprint density at radius 1 is 0.514 bits per heavy atom. The van der Waals surface area contributed by atoms with Crippen LogP contribution in [0, 0.1) is 0 Å². The molecule has 0 aliphatic heterocycles. The first kappa shape index (κ1) is 21.7. The van der Waals surface area contributed by atoms with Crippen LogP contribution in [0.15, 0.2) is 121 Å². The SMILES string of the molecule is CC1(C)c2cc3ccccc3cc2-c2c(-c3cccc(-c4ccccc4)c3)nc(-c3ccccc3)nc21. The molecule has 6 aromatic rings. The minimum Gasteiger partial charge on any atom is -0.231 e. The Morgan fingerprint density at radius 2 is 1.11 bits per heavy atom. The van der Waals surface area contributed by atoms with Crippen LogP contribution in [0.5, 0.6) is 0 Å². The van der Waals surface area contributed by atoms with E-state index in [1.807, 2.05) is 18.2 Å². The van der Waals surface area contributed by atoms with Crippen molar-refractivity contribution in [2.75, 3.05) is 0 Å². The monoisotopic (exact) mass is 474 g/mol. The van der Waals surface area contributed by atoms with Gasteiger partial charge in [0.1, 0.15) is 0 Å².